The first-order chi connectivity index (χ1) is 25.3. The highest BCUT2D eigenvalue weighted by Gasteiger charge is 2.62. The molecule has 1 aromatic carbocycles. The molecule has 6 rings (SSSR count). The maximum Gasteiger partial charge on any atom is 0.407 e. The van der Waals surface area contributed by atoms with Gasteiger partial charge in [0.2, 0.25) is 27.7 Å². The molecule has 14 nitrogen and oxygen atoms in total. The molecule has 3 heterocycles. The molecule has 3 N–H and O–H groups in total. The van der Waals surface area contributed by atoms with Crippen LogP contribution < -0.4 is 20.1 Å². The number of ether oxygens (including phenoxy) is 2. The summed E-state index contributed by atoms with van der Waals surface area (Å²) in [5, 5.41) is 6.31. The Labute approximate surface area is 308 Å². The van der Waals surface area contributed by atoms with Gasteiger partial charge in [0.1, 0.15) is 23.7 Å². The monoisotopic (exact) mass is 747 g/mol. The number of aromatic nitrogens is 1. The number of rotatable bonds is 10. The van der Waals surface area contributed by atoms with Gasteiger partial charge in [-0.3, -0.25) is 23.9 Å². The number of fused-ring (bicyclic) bond motifs is 3. The van der Waals surface area contributed by atoms with E-state index in [9.17, 15) is 32.4 Å². The number of amides is 4. The molecule has 4 amide bonds. The van der Waals surface area contributed by atoms with Crippen LogP contribution in [0.5, 0.6) is 5.88 Å². The van der Waals surface area contributed by atoms with Crippen LogP contribution in [0.25, 0.3) is 16.8 Å². The molecule has 1 saturated heterocycles. The third-order valence-electron chi connectivity index (χ3n) is 9.91. The molecule has 0 unspecified atom stereocenters. The first kappa shape index (κ1) is 37.7. The van der Waals surface area contributed by atoms with Gasteiger partial charge in [-0.05, 0) is 81.5 Å². The Bertz CT molecular complexity index is 1990. The minimum Gasteiger partial charge on any atom is -0.472 e. The number of hydrogen-bond donors (Lipinski definition) is 3. The van der Waals surface area contributed by atoms with E-state index in [0.717, 1.165) is 21.9 Å². The number of sulfonamides is 1. The van der Waals surface area contributed by atoms with Gasteiger partial charge in [-0.2, -0.15) is 0 Å². The number of allylic oxidation sites excluding steroid dienone is 3. The summed E-state index contributed by atoms with van der Waals surface area (Å²) in [6, 6.07) is 5.24. The van der Waals surface area contributed by atoms with Crippen LogP contribution in [-0.4, -0.2) is 90.0 Å². The van der Waals surface area contributed by atoms with Crippen molar-refractivity contribution in [2.45, 2.75) is 94.2 Å². The fourth-order valence-corrected chi connectivity index (χ4v) is 8.18. The standard InChI is InChI=1S/C38H45N5O9S/c1-4-26-21-38(26,36(47)42-53(49,50)29-12-13-29)41-33(45)32-20-28-22-43(32)35(46)31(14-11-27(44)18-23(2)3)40-37(48)51-17-7-5-6-8-24-9-10-25-15-16-39-34(52-28)30(25)19-24/h4,6,8-10,15-16,18-19,26,28-29,31-32H,1,5,7,11-14,17,20-22H2,2-3H3,(H,40,48)(H,41,45)(H,42,47)/t26-,28-,31+,32+,38-/m1/s1. The Hall–Kier alpha value is -5.05. The van der Waals surface area contributed by atoms with Crippen LogP contribution in [0.1, 0.15) is 70.8 Å². The molecule has 282 valence electrons. The first-order valence-corrected chi connectivity index (χ1v) is 19.5. The number of cyclic esters (lactones) is 1. The lowest BCUT2D eigenvalue weighted by atomic mass is 10.1. The molecule has 1 aromatic heterocycles. The fraction of sp³-hybridized carbons (Fsp3) is 0.474. The maximum absolute atomic E-state index is 14.4. The van der Waals surface area contributed by atoms with Gasteiger partial charge >= 0.3 is 6.09 Å². The quantitative estimate of drug-likeness (QED) is 0.240. The average Bonchev–Trinajstić information content (AvgIpc) is 4.04. The second-order valence-corrected chi connectivity index (χ2v) is 16.3. The Morgan fingerprint density at radius 2 is 1.96 bits per heavy atom. The Balaban J connectivity index is 1.32. The molecule has 2 aromatic rings. The molecular formula is C38H45N5O9S. The molecule has 0 radical (unpaired) electrons. The zero-order chi connectivity index (χ0) is 37.9. The zero-order valence-electron chi connectivity index (χ0n) is 29.8. The number of carbonyl (C=O) groups excluding carboxylic acids is 5. The second-order valence-electron chi connectivity index (χ2n) is 14.4. The Kier molecular flexibility index (Phi) is 11.0. The van der Waals surface area contributed by atoms with Crippen molar-refractivity contribution in [3.05, 3.63) is 66.4 Å². The van der Waals surface area contributed by atoms with Gasteiger partial charge in [0.15, 0.2) is 5.78 Å². The van der Waals surface area contributed by atoms with E-state index in [1.54, 1.807) is 20.0 Å². The van der Waals surface area contributed by atoms with Gasteiger partial charge in [-0.25, -0.2) is 18.2 Å². The Morgan fingerprint density at radius 3 is 2.68 bits per heavy atom. The highest BCUT2D eigenvalue weighted by molar-refractivity contribution is 7.91. The molecule has 2 aliphatic carbocycles. The van der Waals surface area contributed by atoms with Gasteiger partial charge < -0.3 is 25.0 Å². The normalized spacial score (nSPS) is 26.0. The van der Waals surface area contributed by atoms with Crippen LogP contribution in [0.15, 0.2) is 60.8 Å². The third-order valence-corrected chi connectivity index (χ3v) is 11.7. The van der Waals surface area contributed by atoms with Crippen molar-refractivity contribution in [3.63, 3.8) is 0 Å². The molecule has 15 heteroatoms. The van der Waals surface area contributed by atoms with Gasteiger partial charge in [0, 0.05) is 30.3 Å². The van der Waals surface area contributed by atoms with Crippen molar-refractivity contribution in [1.82, 2.24) is 25.2 Å². The largest absolute Gasteiger partial charge is 0.472 e. The topological polar surface area (TPSA) is 190 Å². The molecule has 5 atom stereocenters. The predicted octanol–water partition coefficient (Wildman–Crippen LogP) is 3.47. The predicted molar refractivity (Wildman–Crippen MR) is 196 cm³/mol. The number of alkyl carbamates (subject to hydrolysis) is 1. The number of hydrogen-bond acceptors (Lipinski definition) is 10. The van der Waals surface area contributed by atoms with E-state index in [1.807, 2.05) is 36.4 Å². The average molecular weight is 748 g/mol. The number of nitrogens with one attached hydrogen (secondary N) is 3. The number of ketones is 1. The summed E-state index contributed by atoms with van der Waals surface area (Å²) < 4.78 is 39.3. The van der Waals surface area contributed by atoms with Crippen molar-refractivity contribution >= 4 is 56.5 Å². The molecule has 53 heavy (non-hydrogen) atoms. The summed E-state index contributed by atoms with van der Waals surface area (Å²) >= 11 is 0. The lowest BCUT2D eigenvalue weighted by Crippen LogP contribution is -2.58. The summed E-state index contributed by atoms with van der Waals surface area (Å²) in [5.74, 6) is -2.71. The van der Waals surface area contributed by atoms with Gasteiger partial charge in [0.05, 0.1) is 18.4 Å². The van der Waals surface area contributed by atoms with Crippen molar-refractivity contribution in [2.75, 3.05) is 13.2 Å². The van der Waals surface area contributed by atoms with Gasteiger partial charge in [-0.15, -0.1) is 6.58 Å². The zero-order valence-corrected chi connectivity index (χ0v) is 30.7. The molecule has 0 spiro atoms. The first-order valence-electron chi connectivity index (χ1n) is 17.9. The third kappa shape index (κ3) is 8.78. The molecule has 2 aliphatic heterocycles. The molecule has 4 bridgehead atoms. The van der Waals surface area contributed by atoms with Crippen molar-refractivity contribution in [3.8, 4) is 5.88 Å². The van der Waals surface area contributed by atoms with Crippen molar-refractivity contribution in [1.29, 1.82) is 0 Å². The highest BCUT2D eigenvalue weighted by Crippen LogP contribution is 2.45. The minimum atomic E-state index is -3.92. The SMILES string of the molecule is C=C[C@@H]1C[C@]1(NC(=O)[C@@H]1C[C@@H]2CN1C(=O)[C@H](CCC(=O)C=C(C)C)NC(=O)OCCCC=Cc1ccc3ccnc(c3c1)O2)C(=O)NS(=O)(=O)C1CC1. The molecule has 2 saturated carbocycles. The molecule has 3 fully saturated rings. The van der Waals surface area contributed by atoms with Crippen LogP contribution in [0, 0.1) is 5.92 Å². The Morgan fingerprint density at radius 1 is 1.17 bits per heavy atom. The van der Waals surface area contributed by atoms with Crippen LogP contribution in [0.3, 0.4) is 0 Å². The number of benzene rings is 1. The van der Waals surface area contributed by atoms with Crippen molar-refractivity contribution < 1.29 is 41.9 Å². The lowest BCUT2D eigenvalue weighted by molar-refractivity contribution is -0.141. The number of carbonyl (C=O) groups is 5. The number of pyridine rings is 1. The van der Waals surface area contributed by atoms with E-state index in [2.05, 4.69) is 26.9 Å². The summed E-state index contributed by atoms with van der Waals surface area (Å²) in [6.45, 7) is 7.29. The number of nitrogens with zero attached hydrogens (tertiary/aromatic N) is 2. The van der Waals surface area contributed by atoms with Crippen LogP contribution in [0.2, 0.25) is 0 Å². The van der Waals surface area contributed by atoms with Crippen LogP contribution >= 0.6 is 0 Å². The van der Waals surface area contributed by atoms with E-state index in [1.165, 1.54) is 17.1 Å². The van der Waals surface area contributed by atoms with Gasteiger partial charge in [0.25, 0.3) is 5.91 Å². The lowest BCUT2D eigenvalue weighted by Gasteiger charge is -2.29. The second kappa shape index (κ2) is 15.5. The van der Waals surface area contributed by atoms with E-state index in [0.29, 0.717) is 31.6 Å². The van der Waals surface area contributed by atoms with E-state index >= 15 is 0 Å². The molecular weight excluding hydrogens is 703 g/mol. The smallest absolute Gasteiger partial charge is 0.407 e. The maximum atomic E-state index is 14.4. The fourth-order valence-electron chi connectivity index (χ4n) is 6.82. The summed E-state index contributed by atoms with van der Waals surface area (Å²) in [5.41, 5.74) is 0.0911. The van der Waals surface area contributed by atoms with E-state index in [-0.39, 0.29) is 44.6 Å². The van der Waals surface area contributed by atoms with Crippen LogP contribution in [-0.2, 0) is 33.9 Å². The minimum absolute atomic E-state index is 0.0140. The summed E-state index contributed by atoms with van der Waals surface area (Å²) in [7, 11) is -3.92. The van der Waals surface area contributed by atoms with Crippen molar-refractivity contribution in [2.24, 2.45) is 5.92 Å². The van der Waals surface area contributed by atoms with E-state index < -0.39 is 68.7 Å². The molecule has 4 aliphatic rings. The van der Waals surface area contributed by atoms with Crippen LogP contribution in [0.4, 0.5) is 4.79 Å². The summed E-state index contributed by atoms with van der Waals surface area (Å²) in [4.78, 5) is 73.5. The highest BCUT2D eigenvalue weighted by atomic mass is 32.2. The van der Waals surface area contributed by atoms with E-state index in [4.69, 9.17) is 9.47 Å². The summed E-state index contributed by atoms with van der Waals surface area (Å²) in [6.07, 6.45) is 8.84. The van der Waals surface area contributed by atoms with Gasteiger partial charge in [-0.1, -0.05) is 35.9 Å².